The predicted octanol–water partition coefficient (Wildman–Crippen LogP) is 4.67. The van der Waals surface area contributed by atoms with Gasteiger partial charge in [0.05, 0.1) is 25.1 Å². The Morgan fingerprint density at radius 2 is 1.62 bits per heavy atom. The van der Waals surface area contributed by atoms with Crippen LogP contribution in [0.15, 0.2) is 70.1 Å². The fourth-order valence-corrected chi connectivity index (χ4v) is 2.90. The van der Waals surface area contributed by atoms with E-state index in [0.717, 1.165) is 37.6 Å². The van der Waals surface area contributed by atoms with Gasteiger partial charge in [0.15, 0.2) is 0 Å². The smallest absolute Gasteiger partial charge is 0.145 e. The van der Waals surface area contributed by atoms with Gasteiger partial charge >= 0.3 is 0 Å². The van der Waals surface area contributed by atoms with Crippen molar-refractivity contribution in [2.75, 3.05) is 31.2 Å². The molecular formula is C21H19FN2O2. The highest BCUT2D eigenvalue weighted by atomic mass is 19.1. The number of nitrogens with zero attached hydrogens (tertiary/aromatic N) is 2. The maximum Gasteiger partial charge on any atom is 0.145 e. The number of ether oxygens (including phenoxy) is 1. The first kappa shape index (κ1) is 16.5. The van der Waals surface area contributed by atoms with Gasteiger partial charge in [-0.25, -0.2) is 4.39 Å². The Balaban J connectivity index is 1.44. The van der Waals surface area contributed by atoms with E-state index in [2.05, 4.69) is 22.0 Å². The van der Waals surface area contributed by atoms with Crippen LogP contribution in [0.5, 0.6) is 0 Å². The van der Waals surface area contributed by atoms with Crippen LogP contribution in [0.25, 0.3) is 11.3 Å². The van der Waals surface area contributed by atoms with Crippen molar-refractivity contribution in [2.24, 2.45) is 4.99 Å². The van der Waals surface area contributed by atoms with E-state index < -0.39 is 0 Å². The van der Waals surface area contributed by atoms with E-state index in [0.29, 0.717) is 11.5 Å². The van der Waals surface area contributed by atoms with E-state index in [1.165, 1.54) is 17.8 Å². The highest BCUT2D eigenvalue weighted by molar-refractivity contribution is 5.80. The maximum absolute atomic E-state index is 13.0. The Hall–Kier alpha value is -2.92. The molecule has 1 aromatic heterocycles. The monoisotopic (exact) mass is 350 g/mol. The van der Waals surface area contributed by atoms with Gasteiger partial charge in [0, 0.05) is 24.3 Å². The number of morpholine rings is 1. The minimum absolute atomic E-state index is 0.261. The summed E-state index contributed by atoms with van der Waals surface area (Å²) < 4.78 is 24.1. The molecule has 26 heavy (non-hydrogen) atoms. The quantitative estimate of drug-likeness (QED) is 0.642. The Bertz CT molecular complexity index is 879. The second-order valence-electron chi connectivity index (χ2n) is 6.08. The molecule has 3 aromatic rings. The number of hydrogen-bond donors (Lipinski definition) is 0. The lowest BCUT2D eigenvalue weighted by molar-refractivity contribution is 0.122. The number of furan rings is 1. The Morgan fingerprint density at radius 1 is 0.885 bits per heavy atom. The molecule has 0 aliphatic carbocycles. The third-order valence-corrected chi connectivity index (χ3v) is 4.32. The van der Waals surface area contributed by atoms with Crippen molar-refractivity contribution >= 4 is 17.6 Å². The maximum atomic E-state index is 13.0. The van der Waals surface area contributed by atoms with Crippen LogP contribution in [-0.2, 0) is 4.74 Å². The van der Waals surface area contributed by atoms with E-state index in [1.54, 1.807) is 18.3 Å². The minimum atomic E-state index is -0.261. The molecule has 1 aliphatic rings. The molecule has 2 heterocycles. The Morgan fingerprint density at radius 3 is 2.35 bits per heavy atom. The highest BCUT2D eigenvalue weighted by Crippen LogP contribution is 2.23. The molecule has 0 amide bonds. The van der Waals surface area contributed by atoms with Crippen molar-refractivity contribution in [3.63, 3.8) is 0 Å². The third kappa shape index (κ3) is 3.83. The molecule has 0 N–H and O–H groups in total. The van der Waals surface area contributed by atoms with Crippen LogP contribution in [0, 0.1) is 5.82 Å². The molecule has 0 saturated carbocycles. The lowest BCUT2D eigenvalue weighted by Gasteiger charge is -2.28. The standard InChI is InChI=1S/C21H19FN2O2/c22-17-3-1-16(2-4-17)21-10-9-20(26-21)15-23-18-5-7-19(8-6-18)24-11-13-25-14-12-24/h1-10,15H,11-14H2. The summed E-state index contributed by atoms with van der Waals surface area (Å²) in [4.78, 5) is 6.77. The van der Waals surface area contributed by atoms with Crippen LogP contribution >= 0.6 is 0 Å². The number of hydrogen-bond acceptors (Lipinski definition) is 4. The predicted molar refractivity (Wildman–Crippen MR) is 101 cm³/mol. The molecule has 5 heteroatoms. The average molecular weight is 350 g/mol. The summed E-state index contributed by atoms with van der Waals surface area (Å²) in [7, 11) is 0. The molecule has 1 aliphatic heterocycles. The van der Waals surface area contributed by atoms with Gasteiger partial charge in [-0.3, -0.25) is 4.99 Å². The topological polar surface area (TPSA) is 38.0 Å². The summed E-state index contributed by atoms with van der Waals surface area (Å²) in [6.07, 6.45) is 1.69. The summed E-state index contributed by atoms with van der Waals surface area (Å²) in [5.74, 6) is 1.08. The van der Waals surface area contributed by atoms with Crippen LogP contribution in [0.4, 0.5) is 15.8 Å². The summed E-state index contributed by atoms with van der Waals surface area (Å²) >= 11 is 0. The molecule has 4 rings (SSSR count). The summed E-state index contributed by atoms with van der Waals surface area (Å²) in [5, 5.41) is 0. The van der Waals surface area contributed by atoms with Gasteiger partial charge in [-0.2, -0.15) is 0 Å². The van der Waals surface area contributed by atoms with E-state index in [4.69, 9.17) is 9.15 Å². The lowest BCUT2D eigenvalue weighted by Crippen LogP contribution is -2.36. The SMILES string of the molecule is Fc1ccc(-c2ccc(C=Nc3ccc(N4CCOCC4)cc3)o2)cc1. The molecule has 4 nitrogen and oxygen atoms in total. The van der Waals surface area contributed by atoms with E-state index in [-0.39, 0.29) is 5.82 Å². The van der Waals surface area contributed by atoms with Crippen LogP contribution < -0.4 is 4.90 Å². The first-order valence-corrected chi connectivity index (χ1v) is 8.60. The Kier molecular flexibility index (Phi) is 4.80. The van der Waals surface area contributed by atoms with Crippen molar-refractivity contribution in [1.29, 1.82) is 0 Å². The zero-order chi connectivity index (χ0) is 17.8. The zero-order valence-corrected chi connectivity index (χ0v) is 14.3. The molecule has 0 spiro atoms. The van der Waals surface area contributed by atoms with Crippen molar-refractivity contribution in [1.82, 2.24) is 0 Å². The first-order chi connectivity index (χ1) is 12.8. The molecule has 0 atom stereocenters. The number of benzene rings is 2. The molecule has 0 bridgehead atoms. The Labute approximate surface area is 151 Å². The van der Waals surface area contributed by atoms with Gasteiger partial charge in [-0.1, -0.05) is 0 Å². The average Bonchev–Trinajstić information content (AvgIpc) is 3.17. The van der Waals surface area contributed by atoms with Crippen LogP contribution in [0.3, 0.4) is 0 Å². The minimum Gasteiger partial charge on any atom is -0.455 e. The van der Waals surface area contributed by atoms with Crippen LogP contribution in [-0.4, -0.2) is 32.5 Å². The van der Waals surface area contributed by atoms with Crippen LogP contribution in [0.1, 0.15) is 5.76 Å². The van der Waals surface area contributed by atoms with Gasteiger partial charge in [-0.15, -0.1) is 0 Å². The normalized spacial score (nSPS) is 14.9. The zero-order valence-electron chi connectivity index (χ0n) is 14.3. The van der Waals surface area contributed by atoms with Crippen molar-refractivity contribution < 1.29 is 13.5 Å². The number of halogens is 1. The van der Waals surface area contributed by atoms with Gasteiger partial charge in [-0.05, 0) is 60.7 Å². The second kappa shape index (κ2) is 7.54. The van der Waals surface area contributed by atoms with Gasteiger partial charge < -0.3 is 14.1 Å². The van der Waals surface area contributed by atoms with Gasteiger partial charge in [0.1, 0.15) is 17.3 Å². The number of rotatable bonds is 4. The molecule has 132 valence electrons. The molecule has 0 radical (unpaired) electrons. The summed E-state index contributed by atoms with van der Waals surface area (Å²) in [6.45, 7) is 3.38. The van der Waals surface area contributed by atoms with Gasteiger partial charge in [0.25, 0.3) is 0 Å². The first-order valence-electron chi connectivity index (χ1n) is 8.60. The fraction of sp³-hybridized carbons (Fsp3) is 0.190. The highest BCUT2D eigenvalue weighted by Gasteiger charge is 2.10. The molecule has 1 saturated heterocycles. The fourth-order valence-electron chi connectivity index (χ4n) is 2.90. The molecular weight excluding hydrogens is 331 g/mol. The van der Waals surface area contributed by atoms with E-state index in [9.17, 15) is 4.39 Å². The summed E-state index contributed by atoms with van der Waals surface area (Å²) in [5.41, 5.74) is 2.88. The second-order valence-corrected chi connectivity index (χ2v) is 6.08. The molecule has 0 unspecified atom stereocenters. The summed E-state index contributed by atoms with van der Waals surface area (Å²) in [6, 6.07) is 18.1. The molecule has 1 fully saturated rings. The lowest BCUT2D eigenvalue weighted by atomic mass is 10.2. The van der Waals surface area contributed by atoms with Gasteiger partial charge in [0.2, 0.25) is 0 Å². The number of aliphatic imine (C=N–C) groups is 1. The van der Waals surface area contributed by atoms with Crippen LogP contribution in [0.2, 0.25) is 0 Å². The third-order valence-electron chi connectivity index (χ3n) is 4.32. The molecule has 2 aromatic carbocycles. The largest absolute Gasteiger partial charge is 0.455 e. The van der Waals surface area contributed by atoms with E-state index in [1.807, 2.05) is 24.3 Å². The van der Waals surface area contributed by atoms with Crippen molar-refractivity contribution in [3.05, 3.63) is 72.2 Å². The number of anilines is 1. The van der Waals surface area contributed by atoms with E-state index >= 15 is 0 Å². The van der Waals surface area contributed by atoms with Crippen molar-refractivity contribution in [3.8, 4) is 11.3 Å². The van der Waals surface area contributed by atoms with Crippen molar-refractivity contribution in [2.45, 2.75) is 0 Å².